The van der Waals surface area contributed by atoms with Crippen molar-refractivity contribution in [2.24, 2.45) is 17.3 Å². The first-order chi connectivity index (χ1) is 10.3. The molecule has 2 rings (SSSR count). The van der Waals surface area contributed by atoms with Crippen LogP contribution in [0.15, 0.2) is 0 Å². The Morgan fingerprint density at radius 3 is 2.59 bits per heavy atom. The first kappa shape index (κ1) is 17.3. The van der Waals surface area contributed by atoms with Crippen LogP contribution < -0.4 is 10.6 Å². The van der Waals surface area contributed by atoms with Gasteiger partial charge in [-0.3, -0.25) is 9.59 Å². The minimum Gasteiger partial charge on any atom is -0.352 e. The van der Waals surface area contributed by atoms with Crippen LogP contribution in [0.3, 0.4) is 0 Å². The van der Waals surface area contributed by atoms with Crippen molar-refractivity contribution in [2.45, 2.75) is 53.0 Å². The summed E-state index contributed by atoms with van der Waals surface area (Å²) < 4.78 is 0. The standard InChI is InChI=1S/C17H31N3O2/c1-12-7-8-18-10-14(12)19-15(21)13-6-5-9-20(11-13)16(22)17(2,3)4/h12-14,18H,5-11H2,1-4H3,(H,19,21). The van der Waals surface area contributed by atoms with Crippen LogP contribution in [0.25, 0.3) is 0 Å². The Bertz CT molecular complexity index is 417. The van der Waals surface area contributed by atoms with Crippen LogP contribution in [0.4, 0.5) is 0 Å². The number of carbonyl (C=O) groups excluding carboxylic acids is 2. The molecule has 0 radical (unpaired) electrons. The van der Waals surface area contributed by atoms with Crippen molar-refractivity contribution in [3.63, 3.8) is 0 Å². The van der Waals surface area contributed by atoms with Gasteiger partial charge in [0, 0.05) is 31.1 Å². The van der Waals surface area contributed by atoms with Gasteiger partial charge in [-0.25, -0.2) is 0 Å². The van der Waals surface area contributed by atoms with Crippen molar-refractivity contribution in [2.75, 3.05) is 26.2 Å². The summed E-state index contributed by atoms with van der Waals surface area (Å²) in [5, 5.41) is 6.54. The number of nitrogens with one attached hydrogen (secondary N) is 2. The molecule has 2 fully saturated rings. The minimum absolute atomic E-state index is 0.0609. The summed E-state index contributed by atoms with van der Waals surface area (Å²) in [6.45, 7) is 11.2. The second kappa shape index (κ2) is 6.99. The summed E-state index contributed by atoms with van der Waals surface area (Å²) >= 11 is 0. The molecule has 22 heavy (non-hydrogen) atoms. The summed E-state index contributed by atoms with van der Waals surface area (Å²) in [6, 6.07) is 0.218. The molecule has 2 amide bonds. The quantitative estimate of drug-likeness (QED) is 0.810. The van der Waals surface area contributed by atoms with E-state index >= 15 is 0 Å². The third kappa shape index (κ3) is 4.22. The van der Waals surface area contributed by atoms with Gasteiger partial charge in [0.2, 0.25) is 11.8 Å². The molecule has 5 heteroatoms. The molecule has 3 unspecified atom stereocenters. The van der Waals surface area contributed by atoms with Gasteiger partial charge in [0.1, 0.15) is 0 Å². The van der Waals surface area contributed by atoms with Crippen LogP contribution in [-0.4, -0.2) is 48.9 Å². The van der Waals surface area contributed by atoms with Gasteiger partial charge < -0.3 is 15.5 Å². The normalized spacial score (nSPS) is 30.0. The van der Waals surface area contributed by atoms with E-state index in [4.69, 9.17) is 0 Å². The fourth-order valence-corrected chi connectivity index (χ4v) is 3.33. The molecule has 0 spiro atoms. The molecule has 126 valence electrons. The highest BCUT2D eigenvalue weighted by Gasteiger charge is 2.34. The van der Waals surface area contributed by atoms with Crippen LogP contribution >= 0.6 is 0 Å². The Balaban J connectivity index is 1.91. The van der Waals surface area contributed by atoms with E-state index in [2.05, 4.69) is 17.6 Å². The number of carbonyl (C=O) groups is 2. The van der Waals surface area contributed by atoms with Crippen molar-refractivity contribution in [1.82, 2.24) is 15.5 Å². The Morgan fingerprint density at radius 2 is 1.95 bits per heavy atom. The lowest BCUT2D eigenvalue weighted by Crippen LogP contribution is -2.54. The number of amides is 2. The van der Waals surface area contributed by atoms with E-state index in [0.717, 1.165) is 38.9 Å². The Morgan fingerprint density at radius 1 is 1.23 bits per heavy atom. The lowest BCUT2D eigenvalue weighted by molar-refractivity contribution is -0.143. The van der Waals surface area contributed by atoms with Crippen LogP contribution in [0, 0.1) is 17.3 Å². The van der Waals surface area contributed by atoms with E-state index in [1.807, 2.05) is 25.7 Å². The summed E-state index contributed by atoms with van der Waals surface area (Å²) in [6.07, 6.45) is 2.90. The largest absolute Gasteiger partial charge is 0.352 e. The van der Waals surface area contributed by atoms with Crippen LogP contribution in [0.1, 0.15) is 47.0 Å². The first-order valence-corrected chi connectivity index (χ1v) is 8.59. The number of hydrogen-bond donors (Lipinski definition) is 2. The van der Waals surface area contributed by atoms with E-state index in [-0.39, 0.29) is 29.2 Å². The van der Waals surface area contributed by atoms with Crippen molar-refractivity contribution in [3.05, 3.63) is 0 Å². The molecule has 0 aromatic heterocycles. The van der Waals surface area contributed by atoms with Gasteiger partial charge in [-0.15, -0.1) is 0 Å². The summed E-state index contributed by atoms with van der Waals surface area (Å²) in [5.41, 5.74) is -0.375. The average molecular weight is 309 g/mol. The molecule has 0 aromatic carbocycles. The van der Waals surface area contributed by atoms with Gasteiger partial charge in [-0.05, 0) is 31.7 Å². The van der Waals surface area contributed by atoms with Gasteiger partial charge in [-0.2, -0.15) is 0 Å². The zero-order valence-electron chi connectivity index (χ0n) is 14.4. The second-order valence-electron chi connectivity index (χ2n) is 7.93. The van der Waals surface area contributed by atoms with Crippen LogP contribution in [-0.2, 0) is 9.59 Å². The third-order valence-corrected chi connectivity index (χ3v) is 4.88. The smallest absolute Gasteiger partial charge is 0.227 e. The number of piperidine rings is 2. The van der Waals surface area contributed by atoms with Gasteiger partial charge in [0.05, 0.1) is 5.92 Å². The van der Waals surface area contributed by atoms with E-state index in [1.165, 1.54) is 0 Å². The Kier molecular flexibility index (Phi) is 5.48. The highest BCUT2D eigenvalue weighted by molar-refractivity contribution is 5.84. The summed E-state index contributed by atoms with van der Waals surface area (Å²) in [4.78, 5) is 26.8. The van der Waals surface area contributed by atoms with Gasteiger partial charge in [0.25, 0.3) is 0 Å². The fraction of sp³-hybridized carbons (Fsp3) is 0.882. The monoisotopic (exact) mass is 309 g/mol. The number of rotatable bonds is 2. The third-order valence-electron chi connectivity index (χ3n) is 4.88. The van der Waals surface area contributed by atoms with Crippen LogP contribution in [0.5, 0.6) is 0 Å². The van der Waals surface area contributed by atoms with Crippen molar-refractivity contribution in [3.8, 4) is 0 Å². The van der Waals surface area contributed by atoms with Crippen molar-refractivity contribution >= 4 is 11.8 Å². The fourth-order valence-electron chi connectivity index (χ4n) is 3.33. The van der Waals surface area contributed by atoms with Gasteiger partial charge in [-0.1, -0.05) is 27.7 Å². The zero-order chi connectivity index (χ0) is 16.3. The molecular formula is C17H31N3O2. The predicted octanol–water partition coefficient (Wildman–Crippen LogP) is 1.39. The van der Waals surface area contributed by atoms with Crippen LogP contribution in [0.2, 0.25) is 0 Å². The molecule has 2 aliphatic rings. The lowest BCUT2D eigenvalue weighted by atomic mass is 9.90. The number of hydrogen-bond acceptors (Lipinski definition) is 3. The average Bonchev–Trinajstić information content (AvgIpc) is 2.48. The maximum absolute atomic E-state index is 12.6. The predicted molar refractivity (Wildman–Crippen MR) is 87.3 cm³/mol. The minimum atomic E-state index is -0.375. The molecule has 0 aliphatic carbocycles. The van der Waals surface area contributed by atoms with E-state index < -0.39 is 0 Å². The number of likely N-dealkylation sites (tertiary alicyclic amines) is 1. The lowest BCUT2D eigenvalue weighted by Gasteiger charge is -2.37. The number of nitrogens with zero attached hydrogens (tertiary/aromatic N) is 1. The van der Waals surface area contributed by atoms with Gasteiger partial charge in [0.15, 0.2) is 0 Å². The SMILES string of the molecule is CC1CCNCC1NC(=O)C1CCCN(C(=O)C(C)(C)C)C1. The first-order valence-electron chi connectivity index (χ1n) is 8.59. The summed E-state index contributed by atoms with van der Waals surface area (Å²) in [5.74, 6) is 0.722. The molecule has 3 atom stereocenters. The molecule has 2 saturated heterocycles. The topological polar surface area (TPSA) is 61.4 Å². The second-order valence-corrected chi connectivity index (χ2v) is 7.93. The maximum atomic E-state index is 12.6. The van der Waals surface area contributed by atoms with Gasteiger partial charge >= 0.3 is 0 Å². The highest BCUT2D eigenvalue weighted by Crippen LogP contribution is 2.24. The molecule has 2 N–H and O–H groups in total. The van der Waals surface area contributed by atoms with E-state index in [1.54, 1.807) is 0 Å². The zero-order valence-corrected chi connectivity index (χ0v) is 14.4. The Labute approximate surface area is 134 Å². The molecule has 0 saturated carbocycles. The summed E-state index contributed by atoms with van der Waals surface area (Å²) in [7, 11) is 0. The Hall–Kier alpha value is -1.10. The molecule has 0 bridgehead atoms. The molecule has 5 nitrogen and oxygen atoms in total. The van der Waals surface area contributed by atoms with E-state index in [9.17, 15) is 9.59 Å². The molecule has 2 aliphatic heterocycles. The van der Waals surface area contributed by atoms with Crippen molar-refractivity contribution in [1.29, 1.82) is 0 Å². The van der Waals surface area contributed by atoms with E-state index in [0.29, 0.717) is 12.5 Å². The molecule has 2 heterocycles. The molecule has 0 aromatic rings. The van der Waals surface area contributed by atoms with Crippen molar-refractivity contribution < 1.29 is 9.59 Å². The molecular weight excluding hydrogens is 278 g/mol. The maximum Gasteiger partial charge on any atom is 0.227 e. The highest BCUT2D eigenvalue weighted by atomic mass is 16.2.